The molecule has 3 heterocycles. The third-order valence-electron chi connectivity index (χ3n) is 6.86. The van der Waals surface area contributed by atoms with Crippen molar-refractivity contribution in [1.29, 1.82) is 5.26 Å². The highest BCUT2D eigenvalue weighted by atomic mass is 35.5. The van der Waals surface area contributed by atoms with Crippen LogP contribution in [0.1, 0.15) is 33.5 Å². The number of halogens is 1. The van der Waals surface area contributed by atoms with Crippen molar-refractivity contribution in [3.8, 4) is 6.07 Å². The summed E-state index contributed by atoms with van der Waals surface area (Å²) in [7, 11) is 0. The number of hydrogen-bond acceptors (Lipinski definition) is 5. The topological polar surface area (TPSA) is 74.0 Å². The lowest BCUT2D eigenvalue weighted by Crippen LogP contribution is -2.34. The van der Waals surface area contributed by atoms with E-state index < -0.39 is 0 Å². The summed E-state index contributed by atoms with van der Waals surface area (Å²) in [5.41, 5.74) is 6.81. The van der Waals surface area contributed by atoms with Crippen LogP contribution in [0.4, 0.5) is 4.79 Å². The van der Waals surface area contributed by atoms with Gasteiger partial charge >= 0.3 is 6.03 Å². The molecule has 1 aliphatic heterocycles. The molecule has 2 aromatic carbocycles. The van der Waals surface area contributed by atoms with E-state index in [0.29, 0.717) is 17.3 Å². The second-order valence-electron chi connectivity index (χ2n) is 9.39. The summed E-state index contributed by atoms with van der Waals surface area (Å²) in [4.78, 5) is 20.8. The molecule has 0 bridgehead atoms. The largest absolute Gasteiger partial charge is 0.333 e. The number of fused-ring (bicyclic) bond motifs is 3. The molecule has 0 saturated carbocycles. The molecule has 0 radical (unpaired) electrons. The van der Waals surface area contributed by atoms with Crippen LogP contribution in [0.25, 0.3) is 17.0 Å². The molecule has 6 nitrogen and oxygen atoms in total. The predicted octanol–water partition coefficient (Wildman–Crippen LogP) is 6.42. The van der Waals surface area contributed by atoms with Gasteiger partial charge in [-0.15, -0.1) is 11.8 Å². The van der Waals surface area contributed by atoms with Crippen LogP contribution < -0.4 is 5.32 Å². The monoisotopic (exact) mass is 541 g/mol. The Labute approximate surface area is 231 Å². The summed E-state index contributed by atoms with van der Waals surface area (Å²) < 4.78 is 1.76. The van der Waals surface area contributed by atoms with Crippen molar-refractivity contribution < 1.29 is 4.79 Å². The molecule has 0 fully saturated rings. The molecule has 192 valence electrons. The summed E-state index contributed by atoms with van der Waals surface area (Å²) in [6.45, 7) is 4.83. The number of pyridine rings is 1. The fourth-order valence-corrected chi connectivity index (χ4v) is 5.66. The number of nitrogens with zero attached hydrogens (tertiary/aromatic N) is 4. The smallest absolute Gasteiger partial charge is 0.326 e. The van der Waals surface area contributed by atoms with Crippen LogP contribution in [0.3, 0.4) is 0 Å². The van der Waals surface area contributed by atoms with Gasteiger partial charge in [-0.2, -0.15) is 5.26 Å². The molecule has 8 heteroatoms. The van der Waals surface area contributed by atoms with E-state index in [4.69, 9.17) is 11.6 Å². The van der Waals surface area contributed by atoms with Crippen molar-refractivity contribution in [2.24, 2.45) is 0 Å². The number of carbonyl (C=O) groups excluding carboxylic acids is 1. The zero-order valence-electron chi connectivity index (χ0n) is 21.4. The number of benzene rings is 2. The van der Waals surface area contributed by atoms with Gasteiger partial charge in [0.2, 0.25) is 0 Å². The van der Waals surface area contributed by atoms with Gasteiger partial charge in [-0.3, -0.25) is 9.47 Å². The fourth-order valence-electron chi connectivity index (χ4n) is 4.91. The molecule has 0 atom stereocenters. The summed E-state index contributed by atoms with van der Waals surface area (Å²) in [5, 5.41) is 14.2. The fraction of sp³-hybridized carbons (Fsp3) is 0.233. The third-order valence-corrected chi connectivity index (χ3v) is 7.84. The maximum absolute atomic E-state index is 13.5. The highest BCUT2D eigenvalue weighted by Crippen LogP contribution is 2.35. The van der Waals surface area contributed by atoms with E-state index in [9.17, 15) is 10.1 Å². The molecule has 0 saturated heterocycles. The molecular weight excluding hydrogens is 514 g/mol. The number of hydrogen-bond donors (Lipinski definition) is 1. The van der Waals surface area contributed by atoms with Gasteiger partial charge in [0.25, 0.3) is 0 Å². The first-order valence-electron chi connectivity index (χ1n) is 12.5. The van der Waals surface area contributed by atoms with Crippen molar-refractivity contribution >= 4 is 46.4 Å². The van der Waals surface area contributed by atoms with Crippen LogP contribution in [-0.2, 0) is 19.5 Å². The van der Waals surface area contributed by atoms with Gasteiger partial charge in [0.15, 0.2) is 0 Å². The Morgan fingerprint density at radius 2 is 2.05 bits per heavy atom. The minimum Gasteiger partial charge on any atom is -0.333 e. The highest BCUT2D eigenvalue weighted by Gasteiger charge is 2.27. The Hall–Kier alpha value is -3.57. The van der Waals surface area contributed by atoms with Gasteiger partial charge in [0.1, 0.15) is 11.2 Å². The lowest BCUT2D eigenvalue weighted by atomic mass is 10.0. The average molecular weight is 542 g/mol. The lowest BCUT2D eigenvalue weighted by Gasteiger charge is -2.27. The number of nitrogens with one attached hydrogen (secondary N) is 1. The minimum absolute atomic E-state index is 0.210. The Morgan fingerprint density at radius 3 is 2.79 bits per heavy atom. The molecule has 0 unspecified atom stereocenters. The molecular formula is C30H28ClN5OS. The Morgan fingerprint density at radius 1 is 1.24 bits per heavy atom. The Kier molecular flexibility index (Phi) is 7.85. The van der Waals surface area contributed by atoms with Crippen molar-refractivity contribution in [3.63, 3.8) is 0 Å². The number of carbonyl (C=O) groups is 1. The molecule has 4 aromatic rings. The first kappa shape index (κ1) is 26.1. The van der Waals surface area contributed by atoms with Gasteiger partial charge in [-0.25, -0.2) is 9.78 Å². The summed E-state index contributed by atoms with van der Waals surface area (Å²) >= 11 is 7.56. The zero-order chi connectivity index (χ0) is 26.6. The maximum atomic E-state index is 13.5. The SMILES string of the molecule is CSc1cc2c3c(n(C(=O)NCc4ccnc(Cl)c4)c2cc1C#N)CCN(C/C=C/c1ccc(C)cc1)C3. The van der Waals surface area contributed by atoms with E-state index in [-0.39, 0.29) is 6.03 Å². The minimum atomic E-state index is -0.210. The van der Waals surface area contributed by atoms with E-state index >= 15 is 0 Å². The van der Waals surface area contributed by atoms with Crippen LogP contribution in [0.5, 0.6) is 0 Å². The zero-order valence-corrected chi connectivity index (χ0v) is 22.9. The van der Waals surface area contributed by atoms with Crippen LogP contribution >= 0.6 is 23.4 Å². The summed E-state index contributed by atoms with van der Waals surface area (Å²) in [5.74, 6) is 0. The van der Waals surface area contributed by atoms with Crippen molar-refractivity contribution in [3.05, 3.63) is 99.5 Å². The average Bonchev–Trinajstić information content (AvgIpc) is 3.24. The van der Waals surface area contributed by atoms with E-state index in [1.165, 1.54) is 11.1 Å². The maximum Gasteiger partial charge on any atom is 0.326 e. The first-order valence-corrected chi connectivity index (χ1v) is 14.1. The van der Waals surface area contributed by atoms with Gasteiger partial charge in [-0.1, -0.05) is 53.6 Å². The van der Waals surface area contributed by atoms with Gasteiger partial charge in [0, 0.05) is 54.8 Å². The van der Waals surface area contributed by atoms with Crippen molar-refractivity contribution in [2.45, 2.75) is 31.3 Å². The molecule has 2 aromatic heterocycles. The van der Waals surface area contributed by atoms with E-state index in [0.717, 1.165) is 58.7 Å². The third kappa shape index (κ3) is 5.48. The standard InChI is InChI=1S/C30H28ClN5OS/c1-20-5-7-21(8-6-20)4-3-12-35-13-10-26-25(19-35)24-16-28(38-2)23(17-32)15-27(24)36(26)30(37)34-18-22-9-11-33-29(31)14-22/h3-9,11,14-16H,10,12-13,18-19H2,1-2H3,(H,34,37)/b4-3+. The van der Waals surface area contributed by atoms with Gasteiger partial charge < -0.3 is 5.32 Å². The normalized spacial score (nSPS) is 13.5. The summed E-state index contributed by atoms with van der Waals surface area (Å²) in [6.07, 6.45) is 8.69. The quantitative estimate of drug-likeness (QED) is 0.225. The van der Waals surface area contributed by atoms with Crippen LogP contribution in [0, 0.1) is 18.3 Å². The molecule has 1 amide bonds. The molecule has 0 spiro atoms. The van der Waals surface area contributed by atoms with E-state index in [1.54, 1.807) is 28.6 Å². The number of nitriles is 1. The number of thioether (sulfide) groups is 1. The van der Waals surface area contributed by atoms with E-state index in [1.807, 2.05) is 18.4 Å². The number of amides is 1. The summed E-state index contributed by atoms with van der Waals surface area (Å²) in [6, 6.07) is 18.1. The molecule has 38 heavy (non-hydrogen) atoms. The molecule has 0 aliphatic carbocycles. The second kappa shape index (κ2) is 11.4. The Bertz CT molecular complexity index is 1570. The molecule has 5 rings (SSSR count). The molecule has 1 N–H and O–H groups in total. The second-order valence-corrected chi connectivity index (χ2v) is 10.6. The van der Waals surface area contributed by atoms with Crippen molar-refractivity contribution in [1.82, 2.24) is 19.8 Å². The number of aromatic nitrogens is 2. The predicted molar refractivity (Wildman–Crippen MR) is 155 cm³/mol. The van der Waals surface area contributed by atoms with Crippen LogP contribution in [0.2, 0.25) is 5.15 Å². The molecule has 1 aliphatic rings. The Balaban J connectivity index is 1.44. The van der Waals surface area contributed by atoms with E-state index in [2.05, 4.69) is 70.7 Å². The number of aryl methyl sites for hydroxylation is 1. The van der Waals surface area contributed by atoms with Crippen LogP contribution in [-0.4, -0.2) is 39.8 Å². The van der Waals surface area contributed by atoms with Crippen molar-refractivity contribution in [2.75, 3.05) is 19.3 Å². The highest BCUT2D eigenvalue weighted by molar-refractivity contribution is 7.98. The van der Waals surface area contributed by atoms with Gasteiger partial charge in [-0.05, 0) is 54.1 Å². The van der Waals surface area contributed by atoms with Gasteiger partial charge in [0.05, 0.1) is 11.1 Å². The lowest BCUT2D eigenvalue weighted by molar-refractivity contribution is 0.240. The first-order chi connectivity index (χ1) is 18.5. The number of rotatable bonds is 6. The van der Waals surface area contributed by atoms with Crippen LogP contribution in [0.15, 0.2) is 65.7 Å².